The number of primary amides is 1. The van der Waals surface area contributed by atoms with Crippen LogP contribution in [0.3, 0.4) is 0 Å². The SMILES string of the molecule is NC(=O)N(CCO)/N=C\C=C/c1ccc([N+](=O)[O-])o1. The summed E-state index contributed by atoms with van der Waals surface area (Å²) in [5.41, 5.74) is 5.00. The van der Waals surface area contributed by atoms with Crippen molar-refractivity contribution in [3.05, 3.63) is 34.1 Å². The number of hydrogen-bond acceptors (Lipinski definition) is 6. The maximum absolute atomic E-state index is 10.8. The maximum atomic E-state index is 10.8. The van der Waals surface area contributed by atoms with E-state index in [0.717, 1.165) is 5.01 Å². The summed E-state index contributed by atoms with van der Waals surface area (Å²) in [6.45, 7) is -0.291. The van der Waals surface area contributed by atoms with Crippen molar-refractivity contribution < 1.29 is 19.2 Å². The number of amides is 2. The highest BCUT2D eigenvalue weighted by Gasteiger charge is 2.09. The first-order valence-electron chi connectivity index (χ1n) is 5.17. The number of carbonyl (C=O) groups is 1. The molecule has 3 N–H and O–H groups in total. The zero-order chi connectivity index (χ0) is 14.3. The van der Waals surface area contributed by atoms with Crippen LogP contribution in [0.2, 0.25) is 0 Å². The number of allylic oxidation sites excluding steroid dienone is 1. The second-order valence-corrected chi connectivity index (χ2v) is 3.24. The molecule has 0 fully saturated rings. The van der Waals surface area contributed by atoms with E-state index in [9.17, 15) is 14.9 Å². The van der Waals surface area contributed by atoms with E-state index in [1.54, 1.807) is 0 Å². The van der Waals surface area contributed by atoms with Crippen molar-refractivity contribution in [2.75, 3.05) is 13.2 Å². The first-order chi connectivity index (χ1) is 9.04. The van der Waals surface area contributed by atoms with E-state index in [-0.39, 0.29) is 24.8 Å². The molecule has 1 aromatic rings. The van der Waals surface area contributed by atoms with E-state index in [2.05, 4.69) is 5.10 Å². The molecular weight excluding hydrogens is 256 g/mol. The molecule has 0 aliphatic rings. The number of rotatable bonds is 6. The molecule has 0 unspecified atom stereocenters. The third kappa shape index (κ3) is 4.60. The van der Waals surface area contributed by atoms with Gasteiger partial charge in [0.25, 0.3) is 0 Å². The van der Waals surface area contributed by atoms with E-state index >= 15 is 0 Å². The average Bonchev–Trinajstić information content (AvgIpc) is 2.81. The highest BCUT2D eigenvalue weighted by atomic mass is 16.6. The normalized spacial score (nSPS) is 11.2. The molecule has 0 radical (unpaired) electrons. The predicted molar refractivity (Wildman–Crippen MR) is 66.3 cm³/mol. The molecule has 1 aromatic heterocycles. The number of nitro groups is 1. The number of furan rings is 1. The fourth-order valence-electron chi connectivity index (χ4n) is 1.11. The quantitative estimate of drug-likeness (QED) is 0.441. The lowest BCUT2D eigenvalue weighted by Gasteiger charge is -2.10. The molecule has 0 aromatic carbocycles. The van der Waals surface area contributed by atoms with Gasteiger partial charge in [-0.25, -0.2) is 9.80 Å². The Hall–Kier alpha value is -2.68. The van der Waals surface area contributed by atoms with Gasteiger partial charge >= 0.3 is 11.9 Å². The number of hydrogen-bond donors (Lipinski definition) is 2. The van der Waals surface area contributed by atoms with Gasteiger partial charge in [-0.1, -0.05) is 0 Å². The van der Waals surface area contributed by atoms with Gasteiger partial charge < -0.3 is 15.3 Å². The van der Waals surface area contributed by atoms with E-state index in [4.69, 9.17) is 15.3 Å². The van der Waals surface area contributed by atoms with Crippen molar-refractivity contribution in [2.45, 2.75) is 0 Å². The van der Waals surface area contributed by atoms with Crippen LogP contribution in [0.5, 0.6) is 0 Å². The minimum absolute atomic E-state index is 0.0219. The summed E-state index contributed by atoms with van der Waals surface area (Å²) >= 11 is 0. The van der Waals surface area contributed by atoms with Crippen LogP contribution in [0, 0.1) is 10.1 Å². The third-order valence-corrected chi connectivity index (χ3v) is 1.91. The Kier molecular flexibility index (Phi) is 5.23. The number of nitrogens with zero attached hydrogens (tertiary/aromatic N) is 3. The fourth-order valence-corrected chi connectivity index (χ4v) is 1.11. The van der Waals surface area contributed by atoms with Crippen LogP contribution in [0.1, 0.15) is 5.76 Å². The third-order valence-electron chi connectivity index (χ3n) is 1.91. The van der Waals surface area contributed by atoms with E-state index in [0.29, 0.717) is 0 Å². The van der Waals surface area contributed by atoms with Crippen molar-refractivity contribution in [1.29, 1.82) is 0 Å². The Morgan fingerprint density at radius 1 is 1.63 bits per heavy atom. The zero-order valence-corrected chi connectivity index (χ0v) is 9.80. The topological polar surface area (TPSA) is 135 Å². The molecule has 0 aliphatic heterocycles. The first-order valence-corrected chi connectivity index (χ1v) is 5.17. The number of hydrazone groups is 1. The minimum atomic E-state index is -0.799. The molecule has 0 bridgehead atoms. The van der Waals surface area contributed by atoms with Crippen molar-refractivity contribution in [3.8, 4) is 0 Å². The summed E-state index contributed by atoms with van der Waals surface area (Å²) in [6, 6.07) is 1.84. The Morgan fingerprint density at radius 2 is 2.37 bits per heavy atom. The van der Waals surface area contributed by atoms with Crippen LogP contribution in [-0.4, -0.2) is 40.4 Å². The second kappa shape index (κ2) is 6.91. The van der Waals surface area contributed by atoms with Gasteiger partial charge in [0.05, 0.1) is 19.2 Å². The molecule has 102 valence electrons. The van der Waals surface area contributed by atoms with Gasteiger partial charge in [-0.05, 0) is 18.2 Å². The molecule has 0 atom stereocenters. The summed E-state index contributed by atoms with van der Waals surface area (Å²) in [7, 11) is 0. The first kappa shape index (κ1) is 14.4. The van der Waals surface area contributed by atoms with Gasteiger partial charge in [0, 0.05) is 6.21 Å². The van der Waals surface area contributed by atoms with Gasteiger partial charge in [-0.2, -0.15) is 5.10 Å². The van der Waals surface area contributed by atoms with Crippen LogP contribution in [-0.2, 0) is 0 Å². The van der Waals surface area contributed by atoms with Gasteiger partial charge in [-0.3, -0.25) is 10.1 Å². The van der Waals surface area contributed by atoms with Crippen molar-refractivity contribution in [3.63, 3.8) is 0 Å². The average molecular weight is 268 g/mol. The number of carbonyl (C=O) groups excluding carboxylic acids is 1. The number of urea groups is 1. The Morgan fingerprint density at radius 3 is 2.89 bits per heavy atom. The molecular formula is C10H12N4O5. The molecule has 9 nitrogen and oxygen atoms in total. The lowest BCUT2D eigenvalue weighted by molar-refractivity contribution is -0.402. The van der Waals surface area contributed by atoms with Gasteiger partial charge in [-0.15, -0.1) is 0 Å². The highest BCUT2D eigenvalue weighted by Crippen LogP contribution is 2.16. The number of nitrogens with two attached hydrogens (primary N) is 1. The minimum Gasteiger partial charge on any atom is -0.401 e. The molecule has 0 saturated heterocycles. The molecule has 19 heavy (non-hydrogen) atoms. The van der Waals surface area contributed by atoms with E-state index in [1.807, 2.05) is 0 Å². The van der Waals surface area contributed by atoms with Crippen LogP contribution in [0.15, 0.2) is 27.7 Å². The standard InChI is InChI=1S/C10H12N4O5/c11-10(16)13(6-7-15)12-5-1-2-8-3-4-9(19-8)14(17)18/h1-5,15H,6-7H2,(H2,11,16)/b2-1-,12-5-. The Balaban J connectivity index is 2.60. The number of aliphatic hydroxyl groups is 1. The highest BCUT2D eigenvalue weighted by molar-refractivity contribution is 5.79. The lowest BCUT2D eigenvalue weighted by Crippen LogP contribution is -2.33. The molecule has 9 heteroatoms. The van der Waals surface area contributed by atoms with Crippen molar-refractivity contribution in [2.24, 2.45) is 10.8 Å². The van der Waals surface area contributed by atoms with Crippen LogP contribution in [0.25, 0.3) is 6.08 Å². The van der Waals surface area contributed by atoms with Gasteiger partial charge in [0.15, 0.2) is 0 Å². The van der Waals surface area contributed by atoms with Crippen LogP contribution < -0.4 is 5.73 Å². The van der Waals surface area contributed by atoms with Crippen LogP contribution >= 0.6 is 0 Å². The van der Waals surface area contributed by atoms with Crippen molar-refractivity contribution >= 4 is 24.2 Å². The second-order valence-electron chi connectivity index (χ2n) is 3.24. The summed E-state index contributed by atoms with van der Waals surface area (Å²) in [4.78, 5) is 20.5. The molecule has 1 rings (SSSR count). The Labute approximate surface area is 107 Å². The van der Waals surface area contributed by atoms with Crippen LogP contribution in [0.4, 0.5) is 10.7 Å². The molecule has 0 saturated carbocycles. The Bertz CT molecular complexity index is 508. The summed E-state index contributed by atoms with van der Waals surface area (Å²) < 4.78 is 4.85. The molecule has 0 spiro atoms. The predicted octanol–water partition coefficient (Wildman–Crippen LogP) is 0.560. The van der Waals surface area contributed by atoms with Gasteiger partial charge in [0.1, 0.15) is 10.7 Å². The fraction of sp³-hybridized carbons (Fsp3) is 0.200. The summed E-state index contributed by atoms with van der Waals surface area (Å²) in [5.74, 6) is -0.0958. The monoisotopic (exact) mass is 268 g/mol. The van der Waals surface area contributed by atoms with E-state index < -0.39 is 11.0 Å². The molecule has 2 amide bonds. The largest absolute Gasteiger partial charge is 0.433 e. The lowest BCUT2D eigenvalue weighted by atomic mass is 10.4. The maximum Gasteiger partial charge on any atom is 0.433 e. The molecule has 0 aliphatic carbocycles. The summed E-state index contributed by atoms with van der Waals surface area (Å²) in [6.07, 6.45) is 4.08. The van der Waals surface area contributed by atoms with E-state index in [1.165, 1.54) is 30.5 Å². The zero-order valence-electron chi connectivity index (χ0n) is 9.80. The summed E-state index contributed by atoms with van der Waals surface area (Å²) in [5, 5.41) is 23.6. The molecule has 1 heterocycles. The van der Waals surface area contributed by atoms with Crippen molar-refractivity contribution in [1.82, 2.24) is 5.01 Å². The smallest absolute Gasteiger partial charge is 0.401 e. The number of aliphatic hydroxyl groups excluding tert-OH is 1. The van der Waals surface area contributed by atoms with Gasteiger partial charge in [0.2, 0.25) is 0 Å².